The zero-order valence-corrected chi connectivity index (χ0v) is 8.93. The maximum atomic E-state index is 5.51. The molecule has 2 saturated heterocycles. The molecule has 1 aromatic rings. The molecule has 2 heterocycles. The van der Waals surface area contributed by atoms with Gasteiger partial charge in [-0.25, -0.2) is 0 Å². The van der Waals surface area contributed by atoms with Crippen LogP contribution in [0.15, 0.2) is 30.3 Å². The Kier molecular flexibility index (Phi) is 2.47. The fraction of sp³-hybridized carbons (Fsp3) is 0.538. The first-order valence-electron chi connectivity index (χ1n) is 5.80. The van der Waals surface area contributed by atoms with Gasteiger partial charge in [-0.2, -0.15) is 0 Å². The first-order valence-corrected chi connectivity index (χ1v) is 5.80. The smallest absolute Gasteiger partial charge is 0.0649 e. The van der Waals surface area contributed by atoms with E-state index in [0.717, 1.165) is 19.1 Å². The van der Waals surface area contributed by atoms with Crippen molar-refractivity contribution in [1.82, 2.24) is 4.90 Å². The lowest BCUT2D eigenvalue weighted by atomic mass is 9.90. The van der Waals surface area contributed by atoms with Gasteiger partial charge in [-0.15, -0.1) is 0 Å². The first kappa shape index (κ1) is 9.37. The number of likely N-dealkylation sites (tertiary alicyclic amines) is 1. The summed E-state index contributed by atoms with van der Waals surface area (Å²) in [6.45, 7) is 4.50. The Balaban J connectivity index is 1.60. The lowest BCUT2D eigenvalue weighted by Gasteiger charge is -2.45. The van der Waals surface area contributed by atoms with Crippen molar-refractivity contribution in [2.45, 2.75) is 19.1 Å². The Hall–Kier alpha value is -0.860. The monoisotopic (exact) mass is 203 g/mol. The molecule has 2 aliphatic rings. The van der Waals surface area contributed by atoms with Crippen LogP contribution in [0.2, 0.25) is 0 Å². The summed E-state index contributed by atoms with van der Waals surface area (Å²) in [4.78, 5) is 2.55. The lowest BCUT2D eigenvalue weighted by Crippen LogP contribution is -2.52. The fourth-order valence-corrected chi connectivity index (χ4v) is 2.58. The second-order valence-electron chi connectivity index (χ2n) is 4.64. The molecule has 0 unspecified atom stereocenters. The third-order valence-electron chi connectivity index (χ3n) is 3.52. The molecule has 0 N–H and O–H groups in total. The van der Waals surface area contributed by atoms with Crippen molar-refractivity contribution in [2.24, 2.45) is 5.92 Å². The van der Waals surface area contributed by atoms with Gasteiger partial charge in [0, 0.05) is 25.6 Å². The highest BCUT2D eigenvalue weighted by Crippen LogP contribution is 2.29. The van der Waals surface area contributed by atoms with Crippen LogP contribution in [0, 0.1) is 5.92 Å². The van der Waals surface area contributed by atoms with Gasteiger partial charge in [0.1, 0.15) is 0 Å². The van der Waals surface area contributed by atoms with Gasteiger partial charge in [0.25, 0.3) is 0 Å². The van der Waals surface area contributed by atoms with Crippen LogP contribution in [0.25, 0.3) is 0 Å². The Morgan fingerprint density at radius 1 is 1.27 bits per heavy atom. The van der Waals surface area contributed by atoms with Crippen LogP contribution >= 0.6 is 0 Å². The molecule has 2 heteroatoms. The van der Waals surface area contributed by atoms with Crippen molar-refractivity contribution in [1.29, 1.82) is 0 Å². The molecular weight excluding hydrogens is 186 g/mol. The molecule has 0 amide bonds. The van der Waals surface area contributed by atoms with E-state index in [4.69, 9.17) is 4.74 Å². The summed E-state index contributed by atoms with van der Waals surface area (Å²) in [5.74, 6) is 0.808. The molecule has 2 fully saturated rings. The molecule has 0 radical (unpaired) electrons. The molecule has 0 spiro atoms. The molecule has 0 aliphatic carbocycles. The summed E-state index contributed by atoms with van der Waals surface area (Å²) in [6, 6.07) is 10.7. The number of hydrogen-bond acceptors (Lipinski definition) is 2. The van der Waals surface area contributed by atoms with Crippen molar-refractivity contribution in [2.75, 3.05) is 19.7 Å². The van der Waals surface area contributed by atoms with E-state index in [1.54, 1.807) is 0 Å². The molecular formula is C13H17NO. The standard InChI is InChI=1S/C13H17NO/c1-2-4-11(5-3-1)8-14-7-6-13-12(9-14)10-15-13/h1-5,12-13H,6-10H2/t12-,13-/m0/s1. The number of fused-ring (bicyclic) bond motifs is 1. The van der Waals surface area contributed by atoms with Gasteiger partial charge in [0.05, 0.1) is 12.7 Å². The van der Waals surface area contributed by atoms with Crippen LogP contribution in [-0.4, -0.2) is 30.7 Å². The van der Waals surface area contributed by atoms with Gasteiger partial charge < -0.3 is 4.74 Å². The number of nitrogens with zero attached hydrogens (tertiary/aromatic N) is 1. The van der Waals surface area contributed by atoms with E-state index in [1.165, 1.54) is 25.1 Å². The number of benzene rings is 1. The average molecular weight is 203 g/mol. The maximum absolute atomic E-state index is 5.51. The van der Waals surface area contributed by atoms with E-state index < -0.39 is 0 Å². The lowest BCUT2D eigenvalue weighted by molar-refractivity contribution is -0.149. The third kappa shape index (κ3) is 1.92. The van der Waals surface area contributed by atoms with Crippen LogP contribution in [0.3, 0.4) is 0 Å². The molecule has 15 heavy (non-hydrogen) atoms. The summed E-state index contributed by atoms with van der Waals surface area (Å²) in [7, 11) is 0. The molecule has 2 atom stereocenters. The van der Waals surface area contributed by atoms with Gasteiger partial charge in [0.2, 0.25) is 0 Å². The van der Waals surface area contributed by atoms with Crippen LogP contribution < -0.4 is 0 Å². The second kappa shape index (κ2) is 3.95. The SMILES string of the molecule is c1ccc(CN2CC[C@@H]3OC[C@@H]3C2)cc1. The Morgan fingerprint density at radius 3 is 2.80 bits per heavy atom. The topological polar surface area (TPSA) is 12.5 Å². The van der Waals surface area contributed by atoms with Crippen molar-refractivity contribution >= 4 is 0 Å². The van der Waals surface area contributed by atoms with Gasteiger partial charge in [0.15, 0.2) is 0 Å². The molecule has 2 nitrogen and oxygen atoms in total. The average Bonchev–Trinajstić information content (AvgIpc) is 2.24. The van der Waals surface area contributed by atoms with Gasteiger partial charge in [-0.05, 0) is 12.0 Å². The minimum absolute atomic E-state index is 0.581. The second-order valence-corrected chi connectivity index (χ2v) is 4.64. The number of hydrogen-bond donors (Lipinski definition) is 0. The largest absolute Gasteiger partial charge is 0.377 e. The molecule has 0 bridgehead atoms. The molecule has 3 rings (SSSR count). The van der Waals surface area contributed by atoms with E-state index in [9.17, 15) is 0 Å². The normalized spacial score (nSPS) is 30.7. The Bertz CT molecular complexity index is 325. The van der Waals surface area contributed by atoms with Crippen molar-refractivity contribution < 1.29 is 4.74 Å². The zero-order chi connectivity index (χ0) is 10.1. The molecule has 1 aromatic carbocycles. The Morgan fingerprint density at radius 2 is 2.13 bits per heavy atom. The summed E-state index contributed by atoms with van der Waals surface area (Å²) < 4.78 is 5.51. The van der Waals surface area contributed by atoms with Crippen molar-refractivity contribution in [3.8, 4) is 0 Å². The van der Waals surface area contributed by atoms with E-state index in [0.29, 0.717) is 6.10 Å². The molecule has 0 aromatic heterocycles. The number of piperidine rings is 1. The highest BCUT2D eigenvalue weighted by Gasteiger charge is 2.36. The minimum atomic E-state index is 0.581. The molecule has 2 aliphatic heterocycles. The predicted octanol–water partition coefficient (Wildman–Crippen LogP) is 1.91. The Labute approximate surface area is 90.8 Å². The van der Waals surface area contributed by atoms with Crippen molar-refractivity contribution in [3.63, 3.8) is 0 Å². The highest BCUT2D eigenvalue weighted by atomic mass is 16.5. The van der Waals surface area contributed by atoms with Crippen molar-refractivity contribution in [3.05, 3.63) is 35.9 Å². The van der Waals surface area contributed by atoms with Crippen LogP contribution in [0.5, 0.6) is 0 Å². The summed E-state index contributed by atoms with van der Waals surface area (Å²) in [5, 5.41) is 0. The molecule has 0 saturated carbocycles. The predicted molar refractivity (Wildman–Crippen MR) is 59.6 cm³/mol. The van der Waals surface area contributed by atoms with E-state index in [2.05, 4.69) is 35.2 Å². The maximum Gasteiger partial charge on any atom is 0.0649 e. The van der Waals surface area contributed by atoms with E-state index in [1.807, 2.05) is 0 Å². The minimum Gasteiger partial charge on any atom is -0.377 e. The number of ether oxygens (including phenoxy) is 1. The zero-order valence-electron chi connectivity index (χ0n) is 8.93. The van der Waals surface area contributed by atoms with Crippen LogP contribution in [0.4, 0.5) is 0 Å². The molecule has 80 valence electrons. The van der Waals surface area contributed by atoms with Crippen LogP contribution in [0.1, 0.15) is 12.0 Å². The summed E-state index contributed by atoms with van der Waals surface area (Å²) >= 11 is 0. The van der Waals surface area contributed by atoms with Gasteiger partial charge in [-0.3, -0.25) is 4.90 Å². The van der Waals surface area contributed by atoms with Gasteiger partial charge in [-0.1, -0.05) is 30.3 Å². The van der Waals surface area contributed by atoms with Crippen LogP contribution in [-0.2, 0) is 11.3 Å². The quantitative estimate of drug-likeness (QED) is 0.728. The first-order chi connectivity index (χ1) is 7.42. The third-order valence-corrected chi connectivity index (χ3v) is 3.52. The summed E-state index contributed by atoms with van der Waals surface area (Å²) in [5.41, 5.74) is 1.43. The summed E-state index contributed by atoms with van der Waals surface area (Å²) in [6.07, 6.45) is 1.80. The van der Waals surface area contributed by atoms with E-state index in [-0.39, 0.29) is 0 Å². The highest BCUT2D eigenvalue weighted by molar-refractivity contribution is 5.14. The van der Waals surface area contributed by atoms with E-state index >= 15 is 0 Å². The van der Waals surface area contributed by atoms with Gasteiger partial charge >= 0.3 is 0 Å². The number of rotatable bonds is 2. The fourth-order valence-electron chi connectivity index (χ4n) is 2.58.